The predicted octanol–water partition coefficient (Wildman–Crippen LogP) is 2.04. The molecule has 9 heteroatoms. The first-order valence-electron chi connectivity index (χ1n) is 9.15. The van der Waals surface area contributed by atoms with E-state index in [-0.39, 0.29) is 11.3 Å². The van der Waals surface area contributed by atoms with E-state index in [0.717, 1.165) is 44.3 Å². The van der Waals surface area contributed by atoms with Crippen LogP contribution in [-0.2, 0) is 11.3 Å². The molecule has 1 amide bonds. The zero-order valence-electron chi connectivity index (χ0n) is 14.3. The van der Waals surface area contributed by atoms with Crippen LogP contribution in [0, 0.1) is 5.41 Å². The molecule has 25 heavy (non-hydrogen) atoms. The summed E-state index contributed by atoms with van der Waals surface area (Å²) in [5.74, 6) is 1.72. The van der Waals surface area contributed by atoms with Crippen molar-refractivity contribution in [3.05, 3.63) is 12.2 Å². The lowest BCUT2D eigenvalue weighted by molar-refractivity contribution is -0.119. The summed E-state index contributed by atoms with van der Waals surface area (Å²) in [6.45, 7) is 0.675. The Labute approximate surface area is 146 Å². The Hall–Kier alpha value is -2.32. The van der Waals surface area contributed by atoms with Crippen molar-refractivity contribution < 1.29 is 4.79 Å². The zero-order chi connectivity index (χ0) is 17.1. The van der Waals surface area contributed by atoms with Gasteiger partial charge in [0, 0.05) is 12.3 Å². The highest BCUT2D eigenvalue weighted by Gasteiger charge is 2.35. The van der Waals surface area contributed by atoms with Crippen LogP contribution in [0.25, 0.3) is 0 Å². The number of anilines is 1. The second kappa shape index (κ2) is 6.89. The van der Waals surface area contributed by atoms with Crippen molar-refractivity contribution in [3.63, 3.8) is 0 Å². The van der Waals surface area contributed by atoms with E-state index < -0.39 is 0 Å². The SMILES string of the molecule is O=C(CC1(Cn2cnnn2)CCCCC1)Nc1n[nH]c(C2CCC2)n1. The molecule has 134 valence electrons. The molecule has 0 atom stereocenters. The third kappa shape index (κ3) is 3.69. The summed E-state index contributed by atoms with van der Waals surface area (Å²) in [7, 11) is 0. The second-order valence-electron chi connectivity index (χ2n) is 7.47. The number of hydrogen-bond acceptors (Lipinski definition) is 6. The lowest BCUT2D eigenvalue weighted by atomic mass is 9.71. The van der Waals surface area contributed by atoms with E-state index in [0.29, 0.717) is 24.8 Å². The standard InChI is InChI=1S/C16H24N8O/c25-13(18-15-19-14(20-21-15)12-5-4-6-12)9-16(7-2-1-3-8-16)10-24-11-17-22-23-24/h11-12H,1-10H2,(H2,18,19,20,21,25). The van der Waals surface area contributed by atoms with Gasteiger partial charge in [-0.3, -0.25) is 15.2 Å². The Morgan fingerprint density at radius 1 is 1.28 bits per heavy atom. The van der Waals surface area contributed by atoms with E-state index >= 15 is 0 Å². The molecule has 0 bridgehead atoms. The van der Waals surface area contributed by atoms with Crippen LogP contribution in [0.4, 0.5) is 5.95 Å². The Balaban J connectivity index is 1.40. The molecular weight excluding hydrogens is 320 g/mol. The number of nitrogens with zero attached hydrogens (tertiary/aromatic N) is 6. The molecule has 0 aromatic carbocycles. The summed E-state index contributed by atoms with van der Waals surface area (Å²) in [6.07, 6.45) is 11.1. The molecule has 2 aromatic rings. The molecule has 2 aromatic heterocycles. The van der Waals surface area contributed by atoms with Crippen molar-refractivity contribution in [2.24, 2.45) is 5.41 Å². The van der Waals surface area contributed by atoms with Crippen LogP contribution in [0.2, 0.25) is 0 Å². The second-order valence-corrected chi connectivity index (χ2v) is 7.47. The molecule has 2 aliphatic carbocycles. The van der Waals surface area contributed by atoms with Crippen LogP contribution < -0.4 is 5.32 Å². The number of tetrazole rings is 1. The number of aromatic nitrogens is 7. The summed E-state index contributed by atoms with van der Waals surface area (Å²) in [4.78, 5) is 17.0. The van der Waals surface area contributed by atoms with Crippen LogP contribution in [-0.4, -0.2) is 41.3 Å². The fraction of sp³-hybridized carbons (Fsp3) is 0.750. The minimum atomic E-state index is -0.0924. The van der Waals surface area contributed by atoms with E-state index in [1.807, 2.05) is 0 Å². The van der Waals surface area contributed by atoms with Gasteiger partial charge in [0.15, 0.2) is 0 Å². The van der Waals surface area contributed by atoms with Crippen LogP contribution in [0.15, 0.2) is 6.33 Å². The fourth-order valence-corrected chi connectivity index (χ4v) is 3.99. The van der Waals surface area contributed by atoms with Crippen LogP contribution >= 0.6 is 0 Å². The molecular formula is C16H24N8O. The molecule has 0 unspecified atom stereocenters. The maximum Gasteiger partial charge on any atom is 0.248 e. The zero-order valence-corrected chi connectivity index (χ0v) is 14.3. The number of amides is 1. The molecule has 0 saturated heterocycles. The highest BCUT2D eigenvalue weighted by molar-refractivity contribution is 5.89. The van der Waals surface area contributed by atoms with E-state index in [4.69, 9.17) is 0 Å². The third-order valence-corrected chi connectivity index (χ3v) is 5.58. The number of rotatable bonds is 6. The van der Waals surface area contributed by atoms with Gasteiger partial charge in [-0.2, -0.15) is 4.98 Å². The van der Waals surface area contributed by atoms with Gasteiger partial charge in [0.2, 0.25) is 11.9 Å². The average Bonchev–Trinajstić information content (AvgIpc) is 3.18. The third-order valence-electron chi connectivity index (χ3n) is 5.58. The van der Waals surface area contributed by atoms with Gasteiger partial charge in [0.1, 0.15) is 12.2 Å². The number of carbonyl (C=O) groups excluding carboxylic acids is 1. The van der Waals surface area contributed by atoms with Gasteiger partial charge in [0.05, 0.1) is 6.54 Å². The molecule has 0 aliphatic heterocycles. The molecule has 9 nitrogen and oxygen atoms in total. The highest BCUT2D eigenvalue weighted by atomic mass is 16.1. The summed E-state index contributed by atoms with van der Waals surface area (Å²) < 4.78 is 1.74. The van der Waals surface area contributed by atoms with Gasteiger partial charge in [-0.25, -0.2) is 4.68 Å². The van der Waals surface area contributed by atoms with E-state index in [9.17, 15) is 4.79 Å². The van der Waals surface area contributed by atoms with Crippen LogP contribution in [0.3, 0.4) is 0 Å². The smallest absolute Gasteiger partial charge is 0.248 e. The van der Waals surface area contributed by atoms with Crippen molar-refractivity contribution in [2.45, 2.75) is 70.3 Å². The Morgan fingerprint density at radius 2 is 2.12 bits per heavy atom. The van der Waals surface area contributed by atoms with E-state index in [1.165, 1.54) is 12.8 Å². The normalized spacial score (nSPS) is 20.2. The molecule has 2 fully saturated rings. The van der Waals surface area contributed by atoms with Crippen molar-refractivity contribution in [1.82, 2.24) is 35.4 Å². The lowest BCUT2D eigenvalue weighted by Gasteiger charge is -2.36. The van der Waals surface area contributed by atoms with Crippen molar-refractivity contribution in [2.75, 3.05) is 5.32 Å². The van der Waals surface area contributed by atoms with Crippen LogP contribution in [0.1, 0.15) is 69.5 Å². The van der Waals surface area contributed by atoms with Gasteiger partial charge in [0.25, 0.3) is 0 Å². The number of aromatic amines is 1. The molecule has 0 radical (unpaired) electrons. The maximum atomic E-state index is 12.6. The topological polar surface area (TPSA) is 114 Å². The summed E-state index contributed by atoms with van der Waals surface area (Å²) >= 11 is 0. The number of hydrogen-bond donors (Lipinski definition) is 2. The van der Waals surface area contributed by atoms with Gasteiger partial charge < -0.3 is 0 Å². The molecule has 2 saturated carbocycles. The average molecular weight is 344 g/mol. The molecule has 2 heterocycles. The number of H-pyrrole nitrogens is 1. The highest BCUT2D eigenvalue weighted by Crippen LogP contribution is 2.41. The van der Waals surface area contributed by atoms with Gasteiger partial charge in [-0.05, 0) is 41.5 Å². The number of carbonyl (C=O) groups is 1. The van der Waals surface area contributed by atoms with Gasteiger partial charge in [-0.15, -0.1) is 10.2 Å². The predicted molar refractivity (Wildman–Crippen MR) is 89.6 cm³/mol. The molecule has 4 rings (SSSR count). The fourth-order valence-electron chi connectivity index (χ4n) is 3.99. The largest absolute Gasteiger partial charge is 0.293 e. The number of nitrogens with one attached hydrogen (secondary N) is 2. The van der Waals surface area contributed by atoms with Crippen LogP contribution in [0.5, 0.6) is 0 Å². The first-order chi connectivity index (χ1) is 12.2. The molecule has 2 aliphatic rings. The van der Waals surface area contributed by atoms with Crippen molar-refractivity contribution in [1.29, 1.82) is 0 Å². The maximum absolute atomic E-state index is 12.6. The molecule has 0 spiro atoms. The molecule has 2 N–H and O–H groups in total. The Morgan fingerprint density at radius 3 is 2.80 bits per heavy atom. The van der Waals surface area contributed by atoms with Crippen molar-refractivity contribution in [3.8, 4) is 0 Å². The van der Waals surface area contributed by atoms with Crippen molar-refractivity contribution >= 4 is 11.9 Å². The lowest BCUT2D eigenvalue weighted by Crippen LogP contribution is -2.34. The van der Waals surface area contributed by atoms with E-state index in [2.05, 4.69) is 36.0 Å². The monoisotopic (exact) mass is 344 g/mol. The van der Waals surface area contributed by atoms with E-state index in [1.54, 1.807) is 11.0 Å². The first kappa shape index (κ1) is 16.2. The quantitative estimate of drug-likeness (QED) is 0.829. The van der Waals surface area contributed by atoms with Gasteiger partial charge >= 0.3 is 0 Å². The van der Waals surface area contributed by atoms with Gasteiger partial charge in [-0.1, -0.05) is 25.7 Å². The minimum absolute atomic E-state index is 0.0332. The Bertz CT molecular complexity index is 700. The summed E-state index contributed by atoms with van der Waals surface area (Å²) in [6, 6.07) is 0. The summed E-state index contributed by atoms with van der Waals surface area (Å²) in [5, 5.41) is 21.4. The summed E-state index contributed by atoms with van der Waals surface area (Å²) in [5.41, 5.74) is -0.0924. The Kier molecular flexibility index (Phi) is 4.46. The first-order valence-corrected chi connectivity index (χ1v) is 9.15. The minimum Gasteiger partial charge on any atom is -0.293 e.